The Bertz CT molecular complexity index is 1080. The van der Waals surface area contributed by atoms with Gasteiger partial charge in [0.05, 0.1) is 5.00 Å². The number of carbonyl (C=O) groups excluding carboxylic acids is 1. The van der Waals surface area contributed by atoms with Crippen LogP contribution >= 0.6 is 22.9 Å². The number of thiophene rings is 1. The summed E-state index contributed by atoms with van der Waals surface area (Å²) in [5, 5.41) is 14.6. The molecule has 4 rings (SSSR count). The van der Waals surface area contributed by atoms with Gasteiger partial charge < -0.3 is 15.2 Å². The first-order valence-corrected chi connectivity index (χ1v) is 11.1. The standard InChI is InChI=1S/C23H22ClFN2O3S/c1-14(28)26-21-8-6-17(31-21)13-27-9-10-30-20-7-5-15(11-16(20)12-27)23(29)22-18(24)3-2-4-19(22)25/h2-8,11,23,29H,9-10,12-13H2,1H3,(H,26,28)/t23-/m0/s1. The van der Waals surface area contributed by atoms with Crippen molar-refractivity contribution in [1.29, 1.82) is 0 Å². The SMILES string of the molecule is CC(=O)Nc1ccc(CN2CCOc3ccc([C@H](O)c4c(F)cccc4Cl)cc3C2)s1. The van der Waals surface area contributed by atoms with Crippen LogP contribution in [0.5, 0.6) is 5.75 Å². The van der Waals surface area contributed by atoms with Crippen LogP contribution in [-0.2, 0) is 17.9 Å². The third-order valence-electron chi connectivity index (χ3n) is 5.07. The minimum atomic E-state index is -1.17. The third kappa shape index (κ3) is 5.07. The number of benzene rings is 2. The number of rotatable bonds is 5. The van der Waals surface area contributed by atoms with Crippen molar-refractivity contribution in [2.75, 3.05) is 18.5 Å². The van der Waals surface area contributed by atoms with Crippen LogP contribution in [-0.4, -0.2) is 29.1 Å². The number of hydrogen-bond donors (Lipinski definition) is 2. The lowest BCUT2D eigenvalue weighted by Crippen LogP contribution is -2.24. The van der Waals surface area contributed by atoms with Crippen LogP contribution in [0.1, 0.15) is 34.6 Å². The van der Waals surface area contributed by atoms with Crippen LogP contribution < -0.4 is 10.1 Å². The molecule has 0 saturated heterocycles. The zero-order valence-corrected chi connectivity index (χ0v) is 18.5. The lowest BCUT2D eigenvalue weighted by molar-refractivity contribution is -0.114. The Labute approximate surface area is 189 Å². The predicted molar refractivity (Wildman–Crippen MR) is 120 cm³/mol. The maximum Gasteiger partial charge on any atom is 0.221 e. The Morgan fingerprint density at radius 3 is 2.94 bits per heavy atom. The van der Waals surface area contributed by atoms with Crippen molar-refractivity contribution in [3.05, 3.63) is 80.9 Å². The Kier molecular flexibility index (Phi) is 6.57. The number of nitrogens with one attached hydrogen (secondary N) is 1. The number of hydrogen-bond acceptors (Lipinski definition) is 5. The van der Waals surface area contributed by atoms with Crippen LogP contribution in [0.15, 0.2) is 48.5 Å². The molecule has 1 atom stereocenters. The summed E-state index contributed by atoms with van der Waals surface area (Å²) >= 11 is 7.67. The summed E-state index contributed by atoms with van der Waals surface area (Å²) in [6.07, 6.45) is -1.17. The van der Waals surface area contributed by atoms with Gasteiger partial charge in [0, 0.05) is 47.6 Å². The molecule has 0 fully saturated rings. The van der Waals surface area contributed by atoms with Gasteiger partial charge in [-0.1, -0.05) is 23.7 Å². The van der Waals surface area contributed by atoms with Crippen molar-refractivity contribution >= 4 is 33.8 Å². The van der Waals surface area contributed by atoms with Crippen molar-refractivity contribution in [1.82, 2.24) is 4.90 Å². The van der Waals surface area contributed by atoms with Gasteiger partial charge >= 0.3 is 0 Å². The second kappa shape index (κ2) is 9.36. The molecule has 8 heteroatoms. The molecule has 1 amide bonds. The number of nitrogens with zero attached hydrogens (tertiary/aromatic N) is 1. The Morgan fingerprint density at radius 2 is 2.16 bits per heavy atom. The monoisotopic (exact) mass is 460 g/mol. The number of aliphatic hydroxyl groups is 1. The minimum absolute atomic E-state index is 0.0691. The summed E-state index contributed by atoms with van der Waals surface area (Å²) in [5.41, 5.74) is 1.54. The topological polar surface area (TPSA) is 61.8 Å². The Morgan fingerprint density at radius 1 is 1.32 bits per heavy atom. The molecule has 1 aliphatic heterocycles. The molecule has 5 nitrogen and oxygen atoms in total. The van der Waals surface area contributed by atoms with Gasteiger partial charge in [0.2, 0.25) is 5.91 Å². The van der Waals surface area contributed by atoms with E-state index in [1.807, 2.05) is 24.3 Å². The second-order valence-electron chi connectivity index (χ2n) is 7.41. The molecule has 1 aromatic heterocycles. The number of anilines is 1. The summed E-state index contributed by atoms with van der Waals surface area (Å²) in [5.74, 6) is 0.121. The summed E-state index contributed by atoms with van der Waals surface area (Å²) in [6.45, 7) is 4.09. The molecule has 2 aromatic carbocycles. The molecule has 3 aromatic rings. The molecule has 0 aliphatic carbocycles. The summed E-state index contributed by atoms with van der Waals surface area (Å²) in [6, 6.07) is 13.7. The maximum atomic E-state index is 14.3. The van der Waals surface area contributed by atoms with Gasteiger partial charge in [-0.15, -0.1) is 11.3 Å². The Balaban J connectivity index is 1.54. The average Bonchev–Trinajstić information content (AvgIpc) is 3.03. The van der Waals surface area contributed by atoms with Gasteiger partial charge in [0.1, 0.15) is 24.3 Å². The molecule has 1 aliphatic rings. The van der Waals surface area contributed by atoms with Crippen molar-refractivity contribution in [2.45, 2.75) is 26.1 Å². The lowest BCUT2D eigenvalue weighted by atomic mass is 9.98. The highest BCUT2D eigenvalue weighted by atomic mass is 35.5. The molecular formula is C23H22ClFN2O3S. The van der Waals surface area contributed by atoms with Gasteiger partial charge in [-0.25, -0.2) is 4.39 Å². The van der Waals surface area contributed by atoms with Gasteiger partial charge in [-0.2, -0.15) is 0 Å². The number of aliphatic hydroxyl groups excluding tert-OH is 1. The number of amides is 1. The quantitative estimate of drug-likeness (QED) is 0.564. The summed E-state index contributed by atoms with van der Waals surface area (Å²) < 4.78 is 20.2. The van der Waals surface area contributed by atoms with E-state index in [1.165, 1.54) is 19.1 Å². The summed E-state index contributed by atoms with van der Waals surface area (Å²) in [4.78, 5) is 14.6. The van der Waals surface area contributed by atoms with Crippen molar-refractivity contribution in [3.8, 4) is 5.75 Å². The first-order valence-electron chi connectivity index (χ1n) is 9.87. The van der Waals surface area contributed by atoms with Crippen LogP contribution in [0.4, 0.5) is 9.39 Å². The molecular weight excluding hydrogens is 439 g/mol. The minimum Gasteiger partial charge on any atom is -0.492 e. The van der Waals surface area contributed by atoms with Crippen molar-refractivity contribution < 1.29 is 19.0 Å². The molecule has 2 heterocycles. The second-order valence-corrected chi connectivity index (χ2v) is 8.99. The van der Waals surface area contributed by atoms with E-state index in [1.54, 1.807) is 23.5 Å². The molecule has 0 radical (unpaired) electrons. The number of halogens is 2. The highest BCUT2D eigenvalue weighted by molar-refractivity contribution is 7.16. The predicted octanol–water partition coefficient (Wildman–Crippen LogP) is 4.98. The van der Waals surface area contributed by atoms with Gasteiger partial charge in [-0.05, 0) is 42.0 Å². The number of carbonyl (C=O) groups is 1. The highest BCUT2D eigenvalue weighted by Crippen LogP contribution is 2.34. The van der Waals surface area contributed by atoms with Crippen LogP contribution in [0, 0.1) is 5.82 Å². The van der Waals surface area contributed by atoms with E-state index in [0.717, 1.165) is 27.7 Å². The fraction of sp³-hybridized carbons (Fsp3) is 0.261. The molecule has 0 saturated carbocycles. The Hall–Kier alpha value is -2.45. The van der Waals surface area contributed by atoms with Crippen LogP contribution in [0.2, 0.25) is 5.02 Å². The molecule has 0 bridgehead atoms. The average molecular weight is 461 g/mol. The van der Waals surface area contributed by atoms with E-state index in [9.17, 15) is 14.3 Å². The van der Waals surface area contributed by atoms with E-state index in [-0.39, 0.29) is 16.5 Å². The molecule has 2 N–H and O–H groups in total. The van der Waals surface area contributed by atoms with Gasteiger partial charge in [0.25, 0.3) is 0 Å². The van der Waals surface area contributed by atoms with E-state index in [2.05, 4.69) is 10.2 Å². The smallest absolute Gasteiger partial charge is 0.221 e. The third-order valence-corrected chi connectivity index (χ3v) is 6.39. The zero-order chi connectivity index (χ0) is 22.0. The van der Waals surface area contributed by atoms with E-state index >= 15 is 0 Å². The van der Waals surface area contributed by atoms with Gasteiger partial charge in [0.15, 0.2) is 0 Å². The highest BCUT2D eigenvalue weighted by Gasteiger charge is 2.22. The lowest BCUT2D eigenvalue weighted by Gasteiger charge is -2.19. The fourth-order valence-electron chi connectivity index (χ4n) is 3.64. The van der Waals surface area contributed by atoms with Crippen molar-refractivity contribution in [3.63, 3.8) is 0 Å². The first kappa shape index (κ1) is 21.8. The largest absolute Gasteiger partial charge is 0.492 e. The maximum absolute atomic E-state index is 14.3. The van der Waals surface area contributed by atoms with Gasteiger partial charge in [-0.3, -0.25) is 9.69 Å². The van der Waals surface area contributed by atoms with Crippen LogP contribution in [0.25, 0.3) is 0 Å². The molecule has 0 unspecified atom stereocenters. The van der Waals surface area contributed by atoms with Crippen molar-refractivity contribution in [2.24, 2.45) is 0 Å². The van der Waals surface area contributed by atoms with E-state index in [0.29, 0.717) is 25.3 Å². The molecule has 0 spiro atoms. The summed E-state index contributed by atoms with van der Waals surface area (Å²) in [7, 11) is 0. The molecule has 162 valence electrons. The van der Waals surface area contributed by atoms with E-state index < -0.39 is 11.9 Å². The van der Waals surface area contributed by atoms with Crippen LogP contribution in [0.3, 0.4) is 0 Å². The van der Waals surface area contributed by atoms with E-state index in [4.69, 9.17) is 16.3 Å². The zero-order valence-electron chi connectivity index (χ0n) is 16.9. The fourth-order valence-corrected chi connectivity index (χ4v) is 4.90. The number of fused-ring (bicyclic) bond motifs is 1. The number of ether oxygens (including phenoxy) is 1. The first-order chi connectivity index (χ1) is 14.9. The normalized spacial score (nSPS) is 15.0. The molecule has 31 heavy (non-hydrogen) atoms.